The van der Waals surface area contributed by atoms with Gasteiger partial charge < -0.3 is 20.7 Å². The Labute approximate surface area is 157 Å². The average molecular weight is 367 g/mol. The largest absolute Gasteiger partial charge is 0.483 e. The van der Waals surface area contributed by atoms with Gasteiger partial charge in [0.15, 0.2) is 6.61 Å². The van der Waals surface area contributed by atoms with Gasteiger partial charge in [-0.1, -0.05) is 30.3 Å². The van der Waals surface area contributed by atoms with E-state index in [4.69, 9.17) is 10.5 Å². The van der Waals surface area contributed by atoms with Crippen molar-refractivity contribution >= 4 is 23.4 Å². The molecule has 2 aromatic rings. The molecule has 1 aliphatic heterocycles. The summed E-state index contributed by atoms with van der Waals surface area (Å²) < 4.78 is 5.29. The number of primary amides is 1. The monoisotopic (exact) mass is 367 g/mol. The lowest BCUT2D eigenvalue weighted by molar-refractivity contribution is -0.120. The molecule has 7 heteroatoms. The van der Waals surface area contributed by atoms with E-state index in [-0.39, 0.29) is 29.9 Å². The van der Waals surface area contributed by atoms with Crippen LogP contribution in [0.2, 0.25) is 0 Å². The first-order valence-electron chi connectivity index (χ1n) is 8.66. The molecule has 3 N–H and O–H groups in total. The van der Waals surface area contributed by atoms with E-state index in [0.29, 0.717) is 6.42 Å². The van der Waals surface area contributed by atoms with E-state index in [1.807, 2.05) is 37.3 Å². The van der Waals surface area contributed by atoms with E-state index in [2.05, 4.69) is 5.32 Å². The van der Waals surface area contributed by atoms with Crippen molar-refractivity contribution < 1.29 is 19.1 Å². The Morgan fingerprint density at radius 2 is 1.81 bits per heavy atom. The highest BCUT2D eigenvalue weighted by atomic mass is 16.5. The van der Waals surface area contributed by atoms with Crippen LogP contribution in [0.1, 0.15) is 23.7 Å². The van der Waals surface area contributed by atoms with Crippen LogP contribution in [0.15, 0.2) is 54.6 Å². The molecule has 0 spiro atoms. The summed E-state index contributed by atoms with van der Waals surface area (Å²) in [5, 5.41) is 2.78. The molecule has 0 bridgehead atoms. The Morgan fingerprint density at radius 3 is 2.52 bits per heavy atom. The fourth-order valence-corrected chi connectivity index (χ4v) is 3.19. The first-order chi connectivity index (χ1) is 13.0. The highest BCUT2D eigenvalue weighted by Crippen LogP contribution is 2.27. The Bertz CT molecular complexity index is 853. The Hall–Kier alpha value is -3.35. The van der Waals surface area contributed by atoms with Crippen LogP contribution in [-0.2, 0) is 9.59 Å². The number of nitrogens with two attached hydrogens (primary N) is 1. The minimum absolute atomic E-state index is 0.0356. The molecule has 7 nitrogen and oxygen atoms in total. The molecule has 0 saturated carbocycles. The van der Waals surface area contributed by atoms with Gasteiger partial charge in [0.2, 0.25) is 5.91 Å². The number of hydrogen-bond acceptors (Lipinski definition) is 4. The smallest absolute Gasteiger partial charge is 0.255 e. The van der Waals surface area contributed by atoms with Crippen molar-refractivity contribution in [2.75, 3.05) is 11.5 Å². The number of nitrogens with one attached hydrogen (secondary N) is 1. The summed E-state index contributed by atoms with van der Waals surface area (Å²) in [5.41, 5.74) is 6.14. The van der Waals surface area contributed by atoms with E-state index >= 15 is 0 Å². The van der Waals surface area contributed by atoms with Crippen LogP contribution in [0, 0.1) is 0 Å². The van der Waals surface area contributed by atoms with Gasteiger partial charge in [-0.05, 0) is 37.6 Å². The highest BCUT2D eigenvalue weighted by Gasteiger charge is 2.39. The fraction of sp³-hybridized carbons (Fsp3) is 0.250. The molecule has 0 radical (unpaired) electrons. The molecule has 2 atom stereocenters. The van der Waals surface area contributed by atoms with Gasteiger partial charge in [0.05, 0.1) is 5.56 Å². The summed E-state index contributed by atoms with van der Waals surface area (Å²) in [4.78, 5) is 38.1. The average Bonchev–Trinajstić information content (AvgIpc) is 2.94. The summed E-state index contributed by atoms with van der Waals surface area (Å²) in [7, 11) is 0. The van der Waals surface area contributed by atoms with Crippen LogP contribution in [0.4, 0.5) is 5.69 Å². The van der Waals surface area contributed by atoms with Crippen LogP contribution in [0.5, 0.6) is 5.75 Å². The van der Waals surface area contributed by atoms with Gasteiger partial charge in [-0.3, -0.25) is 14.4 Å². The number of para-hydroxylation sites is 2. The number of hydrogen-bond donors (Lipinski definition) is 2. The minimum Gasteiger partial charge on any atom is -0.483 e. The summed E-state index contributed by atoms with van der Waals surface area (Å²) in [5.74, 6) is -0.983. The summed E-state index contributed by atoms with van der Waals surface area (Å²) in [6, 6.07) is 15.2. The lowest BCUT2D eigenvalue weighted by atomic mass is 10.1. The third kappa shape index (κ3) is 4.08. The zero-order valence-corrected chi connectivity index (χ0v) is 14.9. The molecular formula is C20H21N3O4. The highest BCUT2D eigenvalue weighted by molar-refractivity contribution is 6.05. The molecule has 1 saturated heterocycles. The Morgan fingerprint density at radius 1 is 1.15 bits per heavy atom. The number of benzene rings is 2. The molecule has 2 aromatic carbocycles. The number of anilines is 1. The van der Waals surface area contributed by atoms with E-state index in [1.54, 1.807) is 29.2 Å². The number of amides is 3. The molecule has 3 amide bonds. The van der Waals surface area contributed by atoms with Gasteiger partial charge >= 0.3 is 0 Å². The molecule has 2 unspecified atom stereocenters. The fourth-order valence-electron chi connectivity index (χ4n) is 3.19. The van der Waals surface area contributed by atoms with Crippen LogP contribution in [0.3, 0.4) is 0 Å². The lowest BCUT2D eigenvalue weighted by Gasteiger charge is -2.21. The number of rotatable bonds is 6. The molecule has 0 aromatic heterocycles. The SMILES string of the molecule is CC1CC(NC(=O)c2ccccc2OCC(N)=O)C(=O)N1c1ccccc1. The molecule has 1 aliphatic rings. The maximum Gasteiger partial charge on any atom is 0.255 e. The maximum absolute atomic E-state index is 12.8. The molecule has 27 heavy (non-hydrogen) atoms. The molecule has 0 aliphatic carbocycles. The predicted octanol–water partition coefficient (Wildman–Crippen LogP) is 1.47. The van der Waals surface area contributed by atoms with Crippen molar-refractivity contribution in [2.24, 2.45) is 5.73 Å². The minimum atomic E-state index is -0.636. The van der Waals surface area contributed by atoms with Crippen LogP contribution in [0.25, 0.3) is 0 Å². The van der Waals surface area contributed by atoms with Crippen molar-refractivity contribution in [3.63, 3.8) is 0 Å². The zero-order chi connectivity index (χ0) is 19.4. The second-order valence-corrected chi connectivity index (χ2v) is 6.41. The van der Waals surface area contributed by atoms with Crippen molar-refractivity contribution in [1.82, 2.24) is 5.32 Å². The number of nitrogens with zero attached hydrogens (tertiary/aromatic N) is 1. The topological polar surface area (TPSA) is 102 Å². The van der Waals surface area contributed by atoms with Crippen molar-refractivity contribution in [1.29, 1.82) is 0 Å². The zero-order valence-electron chi connectivity index (χ0n) is 14.9. The summed E-state index contributed by atoms with van der Waals surface area (Å²) >= 11 is 0. The van der Waals surface area contributed by atoms with Crippen molar-refractivity contribution in [2.45, 2.75) is 25.4 Å². The molecular weight excluding hydrogens is 346 g/mol. The van der Waals surface area contributed by atoms with Crippen molar-refractivity contribution in [3.05, 3.63) is 60.2 Å². The Balaban J connectivity index is 1.74. The normalized spacial score (nSPS) is 19.0. The Kier molecular flexibility index (Phi) is 5.40. The standard InChI is InChI=1S/C20H21N3O4/c1-13-11-16(20(26)23(13)14-7-3-2-4-8-14)22-19(25)15-9-5-6-10-17(15)27-12-18(21)24/h2-10,13,16H,11-12H2,1H3,(H2,21,24)(H,22,25). The van der Waals surface area contributed by atoms with Gasteiger partial charge in [0, 0.05) is 11.7 Å². The van der Waals surface area contributed by atoms with Gasteiger partial charge in [-0.25, -0.2) is 0 Å². The number of ether oxygens (including phenoxy) is 1. The van der Waals surface area contributed by atoms with E-state index in [1.165, 1.54) is 0 Å². The first-order valence-corrected chi connectivity index (χ1v) is 8.66. The van der Waals surface area contributed by atoms with Crippen molar-refractivity contribution in [3.8, 4) is 5.75 Å². The third-order valence-corrected chi connectivity index (χ3v) is 4.39. The van der Waals surface area contributed by atoms with E-state index < -0.39 is 17.9 Å². The predicted molar refractivity (Wildman–Crippen MR) is 100 cm³/mol. The lowest BCUT2D eigenvalue weighted by Crippen LogP contribution is -2.42. The van der Waals surface area contributed by atoms with Crippen LogP contribution < -0.4 is 20.7 Å². The first kappa shape index (κ1) is 18.4. The maximum atomic E-state index is 12.8. The van der Waals surface area contributed by atoms with Gasteiger partial charge in [-0.15, -0.1) is 0 Å². The molecule has 140 valence electrons. The van der Waals surface area contributed by atoms with E-state index in [0.717, 1.165) is 5.69 Å². The van der Waals surface area contributed by atoms with Gasteiger partial charge in [-0.2, -0.15) is 0 Å². The third-order valence-electron chi connectivity index (χ3n) is 4.39. The second-order valence-electron chi connectivity index (χ2n) is 6.41. The van der Waals surface area contributed by atoms with Crippen LogP contribution in [-0.4, -0.2) is 36.4 Å². The quantitative estimate of drug-likeness (QED) is 0.807. The van der Waals surface area contributed by atoms with Gasteiger partial charge in [0.25, 0.3) is 11.8 Å². The molecule has 1 heterocycles. The summed E-state index contributed by atoms with van der Waals surface area (Å²) in [6.07, 6.45) is 0.504. The number of carbonyl (C=O) groups is 3. The van der Waals surface area contributed by atoms with E-state index in [9.17, 15) is 14.4 Å². The molecule has 3 rings (SSSR count). The number of carbonyl (C=O) groups excluding carboxylic acids is 3. The van der Waals surface area contributed by atoms with Crippen LogP contribution >= 0.6 is 0 Å². The summed E-state index contributed by atoms with van der Waals surface area (Å²) in [6.45, 7) is 1.62. The second kappa shape index (κ2) is 7.90. The van der Waals surface area contributed by atoms with Gasteiger partial charge in [0.1, 0.15) is 11.8 Å². The molecule has 1 fully saturated rings.